The molecule has 1 saturated heterocycles. The van der Waals surface area contributed by atoms with Gasteiger partial charge in [-0.1, -0.05) is 18.2 Å². The molecule has 3 aromatic rings. The van der Waals surface area contributed by atoms with Gasteiger partial charge in [-0.15, -0.1) is 0 Å². The maximum Gasteiger partial charge on any atom is 0.254 e. The number of hydrogen-bond donors (Lipinski definition) is 0. The highest BCUT2D eigenvalue weighted by Crippen LogP contribution is 2.33. The molecule has 1 fully saturated rings. The number of rotatable bonds is 4. The topological polar surface area (TPSA) is 55.3 Å². The minimum atomic E-state index is 0.0482. The van der Waals surface area contributed by atoms with Crippen LogP contribution in [0.4, 0.5) is 0 Å². The first-order chi connectivity index (χ1) is 14.2. The summed E-state index contributed by atoms with van der Waals surface area (Å²) in [6.45, 7) is 2.71. The number of aromatic nitrogens is 2. The molecule has 0 aliphatic carbocycles. The van der Waals surface area contributed by atoms with Gasteiger partial charge in [-0.05, 0) is 62.1 Å². The maximum absolute atomic E-state index is 13.4. The first-order valence-electron chi connectivity index (χ1n) is 10.0. The summed E-state index contributed by atoms with van der Waals surface area (Å²) < 4.78 is 5.48. The lowest BCUT2D eigenvalue weighted by Gasteiger charge is -2.36. The van der Waals surface area contributed by atoms with Crippen LogP contribution in [0, 0.1) is 6.92 Å². The van der Waals surface area contributed by atoms with E-state index in [4.69, 9.17) is 4.74 Å². The Balaban J connectivity index is 1.67. The number of piperidine rings is 1. The molecule has 5 heteroatoms. The summed E-state index contributed by atoms with van der Waals surface area (Å²) in [5, 5.41) is 0. The van der Waals surface area contributed by atoms with Gasteiger partial charge in [0.05, 0.1) is 13.2 Å². The van der Waals surface area contributed by atoms with Crippen LogP contribution in [-0.2, 0) is 0 Å². The standard InChI is InChI=1S/C24H25N3O2/c1-17-11-12-22(29-2)23(26-17)18-7-5-8-19(15-18)24(28)27-14-4-3-10-21(27)20-9-6-13-25-16-20/h5-9,11-13,15-16,21H,3-4,10,14H2,1-2H3/t21-/m1/s1. The molecule has 0 unspecified atom stereocenters. The van der Waals surface area contributed by atoms with Gasteiger partial charge in [0, 0.05) is 35.8 Å². The van der Waals surface area contributed by atoms with E-state index in [1.54, 1.807) is 13.3 Å². The highest BCUT2D eigenvalue weighted by molar-refractivity contribution is 5.96. The third-order valence-electron chi connectivity index (χ3n) is 5.43. The zero-order valence-electron chi connectivity index (χ0n) is 16.8. The van der Waals surface area contributed by atoms with Crippen molar-refractivity contribution in [1.82, 2.24) is 14.9 Å². The molecule has 1 atom stereocenters. The maximum atomic E-state index is 13.4. The molecule has 2 aromatic heterocycles. The highest BCUT2D eigenvalue weighted by atomic mass is 16.5. The molecule has 0 spiro atoms. The molecule has 1 aliphatic heterocycles. The number of benzene rings is 1. The smallest absolute Gasteiger partial charge is 0.254 e. The van der Waals surface area contributed by atoms with E-state index in [9.17, 15) is 4.79 Å². The number of methoxy groups -OCH3 is 1. The van der Waals surface area contributed by atoms with Gasteiger partial charge >= 0.3 is 0 Å². The molecule has 0 radical (unpaired) electrons. The normalized spacial score (nSPS) is 16.5. The number of carbonyl (C=O) groups excluding carboxylic acids is 1. The molecule has 1 aromatic carbocycles. The molecule has 0 N–H and O–H groups in total. The zero-order valence-corrected chi connectivity index (χ0v) is 16.8. The fourth-order valence-electron chi connectivity index (χ4n) is 3.98. The number of amides is 1. The van der Waals surface area contributed by atoms with Crippen LogP contribution < -0.4 is 4.74 Å². The van der Waals surface area contributed by atoms with Crippen LogP contribution in [0.15, 0.2) is 60.9 Å². The van der Waals surface area contributed by atoms with E-state index in [0.717, 1.165) is 48.3 Å². The molecule has 5 nitrogen and oxygen atoms in total. The van der Waals surface area contributed by atoms with Crippen LogP contribution in [0.2, 0.25) is 0 Å². The van der Waals surface area contributed by atoms with Gasteiger partial charge in [-0.2, -0.15) is 0 Å². The second kappa shape index (κ2) is 8.43. The Morgan fingerprint density at radius 2 is 2.03 bits per heavy atom. The van der Waals surface area contributed by atoms with Crippen LogP contribution in [-0.4, -0.2) is 34.4 Å². The van der Waals surface area contributed by atoms with Gasteiger partial charge in [0.15, 0.2) is 0 Å². The summed E-state index contributed by atoms with van der Waals surface area (Å²) in [6.07, 6.45) is 6.74. The van der Waals surface area contributed by atoms with E-state index in [1.807, 2.05) is 60.5 Å². The van der Waals surface area contributed by atoms with Gasteiger partial charge in [-0.3, -0.25) is 9.78 Å². The van der Waals surface area contributed by atoms with Gasteiger partial charge in [-0.25, -0.2) is 4.98 Å². The van der Waals surface area contributed by atoms with E-state index in [-0.39, 0.29) is 11.9 Å². The second-order valence-corrected chi connectivity index (χ2v) is 7.38. The predicted molar refractivity (Wildman–Crippen MR) is 113 cm³/mol. The molecular weight excluding hydrogens is 362 g/mol. The number of ether oxygens (including phenoxy) is 1. The Morgan fingerprint density at radius 3 is 2.83 bits per heavy atom. The Bertz CT molecular complexity index is 1000. The molecule has 0 saturated carbocycles. The second-order valence-electron chi connectivity index (χ2n) is 7.38. The van der Waals surface area contributed by atoms with Crippen molar-refractivity contribution in [2.45, 2.75) is 32.2 Å². The van der Waals surface area contributed by atoms with Gasteiger partial charge in [0.1, 0.15) is 11.4 Å². The van der Waals surface area contributed by atoms with Crippen molar-refractivity contribution in [3.05, 3.63) is 77.7 Å². The van der Waals surface area contributed by atoms with Crippen molar-refractivity contribution in [2.75, 3.05) is 13.7 Å². The Hall–Kier alpha value is -3.21. The fraction of sp³-hybridized carbons (Fsp3) is 0.292. The average Bonchev–Trinajstić information content (AvgIpc) is 2.79. The highest BCUT2D eigenvalue weighted by Gasteiger charge is 2.29. The molecule has 148 valence electrons. The molecule has 3 heterocycles. The van der Waals surface area contributed by atoms with Crippen molar-refractivity contribution < 1.29 is 9.53 Å². The monoisotopic (exact) mass is 387 g/mol. The summed E-state index contributed by atoms with van der Waals surface area (Å²) in [6, 6.07) is 15.6. The summed E-state index contributed by atoms with van der Waals surface area (Å²) in [7, 11) is 1.64. The van der Waals surface area contributed by atoms with E-state index in [2.05, 4.69) is 16.0 Å². The minimum Gasteiger partial charge on any atom is -0.494 e. The molecule has 0 bridgehead atoms. The van der Waals surface area contributed by atoms with Crippen LogP contribution >= 0.6 is 0 Å². The van der Waals surface area contributed by atoms with Crippen molar-refractivity contribution in [3.63, 3.8) is 0 Å². The van der Waals surface area contributed by atoms with E-state index < -0.39 is 0 Å². The minimum absolute atomic E-state index is 0.0482. The van der Waals surface area contributed by atoms with Gasteiger partial charge < -0.3 is 9.64 Å². The summed E-state index contributed by atoms with van der Waals surface area (Å²) in [5.41, 5.74) is 4.31. The Morgan fingerprint density at radius 1 is 1.14 bits per heavy atom. The van der Waals surface area contributed by atoms with Crippen LogP contribution in [0.3, 0.4) is 0 Å². The number of hydrogen-bond acceptors (Lipinski definition) is 4. The van der Waals surface area contributed by atoms with Crippen molar-refractivity contribution >= 4 is 5.91 Å². The lowest BCUT2D eigenvalue weighted by atomic mass is 9.95. The molecule has 29 heavy (non-hydrogen) atoms. The fourth-order valence-corrected chi connectivity index (χ4v) is 3.98. The molecule has 1 amide bonds. The van der Waals surface area contributed by atoms with Crippen molar-refractivity contribution in [1.29, 1.82) is 0 Å². The third kappa shape index (κ3) is 3.99. The number of aryl methyl sites for hydroxylation is 1. The van der Waals surface area contributed by atoms with Crippen LogP contribution in [0.1, 0.15) is 46.9 Å². The lowest BCUT2D eigenvalue weighted by molar-refractivity contribution is 0.0611. The summed E-state index contributed by atoms with van der Waals surface area (Å²) in [5.74, 6) is 0.749. The molecule has 1 aliphatic rings. The predicted octanol–water partition coefficient (Wildman–Crippen LogP) is 4.83. The average molecular weight is 387 g/mol. The van der Waals surface area contributed by atoms with E-state index in [1.165, 1.54) is 0 Å². The number of likely N-dealkylation sites (tertiary alicyclic amines) is 1. The molecule has 4 rings (SSSR count). The quantitative estimate of drug-likeness (QED) is 0.643. The van der Waals surface area contributed by atoms with Crippen molar-refractivity contribution in [3.8, 4) is 17.0 Å². The van der Waals surface area contributed by atoms with Crippen molar-refractivity contribution in [2.24, 2.45) is 0 Å². The summed E-state index contributed by atoms with van der Waals surface area (Å²) >= 11 is 0. The number of carbonyl (C=O) groups is 1. The van der Waals surface area contributed by atoms with Crippen LogP contribution in [0.25, 0.3) is 11.3 Å². The SMILES string of the molecule is COc1ccc(C)nc1-c1cccc(C(=O)N2CCCC[C@@H]2c2cccnc2)c1. The summed E-state index contributed by atoms with van der Waals surface area (Å²) in [4.78, 5) is 24.3. The number of nitrogens with zero attached hydrogens (tertiary/aromatic N) is 3. The molecular formula is C24H25N3O2. The lowest BCUT2D eigenvalue weighted by Crippen LogP contribution is -2.38. The number of pyridine rings is 2. The van der Waals surface area contributed by atoms with Gasteiger partial charge in [0.2, 0.25) is 0 Å². The third-order valence-corrected chi connectivity index (χ3v) is 5.43. The van der Waals surface area contributed by atoms with Gasteiger partial charge in [0.25, 0.3) is 5.91 Å². The largest absolute Gasteiger partial charge is 0.494 e. The van der Waals surface area contributed by atoms with E-state index >= 15 is 0 Å². The Kier molecular flexibility index (Phi) is 5.56. The van der Waals surface area contributed by atoms with E-state index in [0.29, 0.717) is 11.3 Å². The zero-order chi connectivity index (χ0) is 20.2. The first kappa shape index (κ1) is 19.1. The van der Waals surface area contributed by atoms with Crippen LogP contribution in [0.5, 0.6) is 5.75 Å². The first-order valence-corrected chi connectivity index (χ1v) is 10.0. The Labute approximate surface area is 171 Å².